The van der Waals surface area contributed by atoms with Crippen molar-refractivity contribution in [2.75, 3.05) is 25.4 Å². The van der Waals surface area contributed by atoms with Gasteiger partial charge in [-0.1, -0.05) is 41.4 Å². The average molecular weight is 656 g/mol. The van der Waals surface area contributed by atoms with Crippen molar-refractivity contribution in [3.8, 4) is 11.5 Å². The smallest absolute Gasteiger partial charge is 0.387 e. The molecule has 1 aliphatic carbocycles. The summed E-state index contributed by atoms with van der Waals surface area (Å²) in [5, 5.41) is 3.12. The van der Waals surface area contributed by atoms with E-state index in [1.54, 1.807) is 24.3 Å². The average Bonchev–Trinajstić information content (AvgIpc) is 3.80. The molecule has 5 rings (SSSR count). The van der Waals surface area contributed by atoms with Crippen molar-refractivity contribution in [1.29, 1.82) is 0 Å². The van der Waals surface area contributed by atoms with Crippen LogP contribution in [0.25, 0.3) is 0 Å². The van der Waals surface area contributed by atoms with E-state index in [9.17, 15) is 22.0 Å². The van der Waals surface area contributed by atoms with E-state index in [1.165, 1.54) is 30.6 Å². The molecule has 43 heavy (non-hydrogen) atoms. The van der Waals surface area contributed by atoms with Gasteiger partial charge in [-0.2, -0.15) is 8.78 Å². The molecule has 1 saturated carbocycles. The number of halogens is 4. The van der Waals surface area contributed by atoms with E-state index in [1.807, 2.05) is 0 Å². The van der Waals surface area contributed by atoms with Gasteiger partial charge in [-0.05, 0) is 66.1 Å². The van der Waals surface area contributed by atoms with Crippen LogP contribution in [-0.2, 0) is 27.4 Å². The molecular formula is C30H30Cl2F2N2O6S. The van der Waals surface area contributed by atoms with Crippen LogP contribution >= 0.6 is 23.2 Å². The topological polar surface area (TPSA) is 104 Å². The van der Waals surface area contributed by atoms with Crippen LogP contribution in [0, 0.1) is 5.92 Å². The first-order valence-corrected chi connectivity index (χ1v) is 16.3. The Kier molecular flexibility index (Phi) is 10.1. The molecule has 2 unspecified atom stereocenters. The third kappa shape index (κ3) is 8.35. The number of hydrogen-bond donors (Lipinski definition) is 1. The van der Waals surface area contributed by atoms with Crippen LogP contribution in [0.5, 0.6) is 11.5 Å². The fourth-order valence-corrected chi connectivity index (χ4v) is 6.88. The molecule has 1 aliphatic heterocycles. The first-order chi connectivity index (χ1) is 20.6. The second-order valence-electron chi connectivity index (χ2n) is 10.6. The zero-order valence-corrected chi connectivity index (χ0v) is 25.3. The summed E-state index contributed by atoms with van der Waals surface area (Å²) in [7, 11) is -3.19. The maximum Gasteiger partial charge on any atom is 0.387 e. The van der Waals surface area contributed by atoms with Gasteiger partial charge in [0.15, 0.2) is 21.3 Å². The van der Waals surface area contributed by atoms with Gasteiger partial charge in [-0.25, -0.2) is 13.2 Å². The second kappa shape index (κ2) is 13.8. The molecule has 2 atom stereocenters. The standard InChI is InChI=1S/C30H30Cl2F2N2O6S/c31-24-15-36-16-25(32)23(24)13-27(21-7-8-26(42-30(33)34)28(12-21)40-17-19-1-2-19)41-29(37)20-5-3-18(4-6-20)11-22-14-35-9-10-43(22,38)39/h3-8,12,15-16,19,22,27,30,35H,1-2,9-11,13-14,17H2. The summed E-state index contributed by atoms with van der Waals surface area (Å²) in [5.41, 5.74) is 1.96. The number of ether oxygens (including phenoxy) is 3. The molecule has 2 aliphatic rings. The Labute approximate surface area is 258 Å². The maximum atomic E-state index is 13.4. The number of alkyl halides is 2. The van der Waals surface area contributed by atoms with Crippen molar-refractivity contribution in [2.24, 2.45) is 5.92 Å². The second-order valence-corrected chi connectivity index (χ2v) is 13.8. The Bertz CT molecular complexity index is 1530. The van der Waals surface area contributed by atoms with Gasteiger partial charge in [-0.3, -0.25) is 4.98 Å². The molecule has 8 nitrogen and oxygen atoms in total. The highest BCUT2D eigenvalue weighted by molar-refractivity contribution is 7.92. The summed E-state index contributed by atoms with van der Waals surface area (Å²) in [6.07, 6.45) is 4.29. The molecule has 2 heterocycles. The van der Waals surface area contributed by atoms with Gasteiger partial charge in [0, 0.05) is 31.9 Å². The molecule has 2 fully saturated rings. The van der Waals surface area contributed by atoms with Crippen molar-refractivity contribution >= 4 is 39.0 Å². The van der Waals surface area contributed by atoms with Crippen LogP contribution in [0.2, 0.25) is 10.0 Å². The van der Waals surface area contributed by atoms with Gasteiger partial charge in [-0.15, -0.1) is 0 Å². The van der Waals surface area contributed by atoms with E-state index in [0.29, 0.717) is 43.2 Å². The van der Waals surface area contributed by atoms with E-state index >= 15 is 0 Å². The first-order valence-electron chi connectivity index (χ1n) is 13.8. The summed E-state index contributed by atoms with van der Waals surface area (Å²) in [6.45, 7) is -1.88. The highest BCUT2D eigenvalue weighted by atomic mass is 35.5. The van der Waals surface area contributed by atoms with E-state index in [0.717, 1.165) is 18.4 Å². The number of pyridine rings is 1. The van der Waals surface area contributed by atoms with E-state index in [-0.39, 0.29) is 39.3 Å². The lowest BCUT2D eigenvalue weighted by atomic mass is 10.0. The SMILES string of the molecule is O=C(OC(Cc1c(Cl)cncc1Cl)c1ccc(OC(F)F)c(OCC2CC2)c1)c1ccc(CC2CNCCS2(=O)=O)cc1. The molecule has 1 saturated heterocycles. The van der Waals surface area contributed by atoms with Gasteiger partial charge in [0.2, 0.25) is 0 Å². The highest BCUT2D eigenvalue weighted by Gasteiger charge is 2.29. The third-order valence-corrected chi connectivity index (χ3v) is 10.2. The van der Waals surface area contributed by atoms with Crippen molar-refractivity contribution in [1.82, 2.24) is 10.3 Å². The lowest BCUT2D eigenvalue weighted by Gasteiger charge is -2.23. The monoisotopic (exact) mass is 654 g/mol. The van der Waals surface area contributed by atoms with Gasteiger partial charge in [0.25, 0.3) is 0 Å². The van der Waals surface area contributed by atoms with Crippen molar-refractivity contribution in [2.45, 2.75) is 43.6 Å². The lowest BCUT2D eigenvalue weighted by Crippen LogP contribution is -2.44. The number of benzene rings is 2. The Morgan fingerprint density at radius 2 is 1.77 bits per heavy atom. The summed E-state index contributed by atoms with van der Waals surface area (Å²) in [5.74, 6) is -0.233. The highest BCUT2D eigenvalue weighted by Crippen LogP contribution is 2.38. The Hall–Kier alpha value is -2.99. The molecule has 0 radical (unpaired) electrons. The summed E-state index contributed by atoms with van der Waals surface area (Å²) < 4.78 is 67.4. The van der Waals surface area contributed by atoms with Gasteiger partial charge in [0.1, 0.15) is 6.10 Å². The van der Waals surface area contributed by atoms with Gasteiger partial charge < -0.3 is 19.5 Å². The van der Waals surface area contributed by atoms with E-state index in [2.05, 4.69) is 15.0 Å². The van der Waals surface area contributed by atoms with Crippen molar-refractivity contribution in [3.63, 3.8) is 0 Å². The number of esters is 1. The fraction of sp³-hybridized carbons (Fsp3) is 0.400. The normalized spacial score (nSPS) is 18.7. The molecule has 0 spiro atoms. The number of rotatable bonds is 12. The van der Waals surface area contributed by atoms with Gasteiger partial charge >= 0.3 is 12.6 Å². The Balaban J connectivity index is 1.39. The molecule has 0 bridgehead atoms. The fourth-order valence-electron chi connectivity index (χ4n) is 4.78. The number of aromatic nitrogens is 1. The summed E-state index contributed by atoms with van der Waals surface area (Å²) in [6, 6.07) is 10.9. The van der Waals surface area contributed by atoms with Crippen molar-refractivity contribution < 1.29 is 36.2 Å². The lowest BCUT2D eigenvalue weighted by molar-refractivity contribution is -0.0515. The largest absolute Gasteiger partial charge is 0.489 e. The zero-order chi connectivity index (χ0) is 30.6. The molecule has 1 aromatic heterocycles. The molecule has 0 amide bonds. The minimum absolute atomic E-state index is 0.0632. The summed E-state index contributed by atoms with van der Waals surface area (Å²) >= 11 is 12.7. The number of sulfone groups is 1. The van der Waals surface area contributed by atoms with Crippen LogP contribution in [0.15, 0.2) is 54.9 Å². The quantitative estimate of drug-likeness (QED) is 0.243. The Morgan fingerprint density at radius 1 is 1.05 bits per heavy atom. The number of carbonyl (C=O) groups is 1. The van der Waals surface area contributed by atoms with Crippen LogP contribution in [-0.4, -0.2) is 56.7 Å². The number of nitrogens with one attached hydrogen (secondary N) is 1. The van der Waals surface area contributed by atoms with Crippen LogP contribution in [0.1, 0.15) is 46.0 Å². The maximum absolute atomic E-state index is 13.4. The predicted octanol–water partition coefficient (Wildman–Crippen LogP) is 5.85. The predicted molar refractivity (Wildman–Crippen MR) is 158 cm³/mol. The summed E-state index contributed by atoms with van der Waals surface area (Å²) in [4.78, 5) is 17.3. The minimum atomic E-state index is -3.19. The molecule has 1 N–H and O–H groups in total. The minimum Gasteiger partial charge on any atom is -0.489 e. The van der Waals surface area contributed by atoms with Crippen LogP contribution in [0.3, 0.4) is 0 Å². The number of hydrogen-bond acceptors (Lipinski definition) is 8. The zero-order valence-electron chi connectivity index (χ0n) is 23.0. The molecular weight excluding hydrogens is 625 g/mol. The number of carbonyl (C=O) groups excluding carboxylic acids is 1. The van der Waals surface area contributed by atoms with E-state index < -0.39 is 33.8 Å². The van der Waals surface area contributed by atoms with Crippen molar-refractivity contribution in [3.05, 3.63) is 87.2 Å². The Morgan fingerprint density at radius 3 is 2.42 bits per heavy atom. The third-order valence-electron chi connectivity index (χ3n) is 7.41. The van der Waals surface area contributed by atoms with Crippen LogP contribution < -0.4 is 14.8 Å². The molecule has 3 aromatic rings. The van der Waals surface area contributed by atoms with E-state index in [4.69, 9.17) is 32.7 Å². The number of nitrogens with zero attached hydrogens (tertiary/aromatic N) is 1. The molecule has 230 valence electrons. The molecule has 13 heteroatoms. The first kappa shape index (κ1) is 31.4. The molecule has 2 aromatic carbocycles. The van der Waals surface area contributed by atoms with Crippen LogP contribution in [0.4, 0.5) is 8.78 Å². The van der Waals surface area contributed by atoms with Gasteiger partial charge in [0.05, 0.1) is 33.2 Å².